The zero-order valence-corrected chi connectivity index (χ0v) is 9.34. The van der Waals surface area contributed by atoms with Crippen LogP contribution in [0.5, 0.6) is 6.01 Å². The van der Waals surface area contributed by atoms with Crippen molar-refractivity contribution in [3.63, 3.8) is 0 Å². The molecule has 90 valence electrons. The number of nitrogens with one attached hydrogen (secondary N) is 1. The summed E-state index contributed by atoms with van der Waals surface area (Å²) < 4.78 is 9.68. The molecule has 2 heterocycles. The molecule has 0 amide bonds. The van der Waals surface area contributed by atoms with Crippen LogP contribution in [0.4, 0.5) is 11.9 Å². The molecule has 0 fully saturated rings. The second-order valence-corrected chi connectivity index (χ2v) is 3.09. The Morgan fingerprint density at radius 2 is 2.12 bits per heavy atom. The molecule has 0 radical (unpaired) electrons. The smallest absolute Gasteiger partial charge is 0.322 e. The zero-order chi connectivity index (χ0) is 12.3. The Morgan fingerprint density at radius 1 is 1.29 bits per heavy atom. The van der Waals surface area contributed by atoms with Crippen LogP contribution in [0.15, 0.2) is 4.52 Å². The van der Waals surface area contributed by atoms with Gasteiger partial charge < -0.3 is 20.3 Å². The average molecular weight is 237 g/mol. The van der Waals surface area contributed by atoms with E-state index in [2.05, 4.69) is 30.4 Å². The topological polar surface area (TPSA) is 125 Å². The molecule has 0 atom stereocenters. The van der Waals surface area contributed by atoms with Crippen LogP contribution in [-0.4, -0.2) is 32.2 Å². The summed E-state index contributed by atoms with van der Waals surface area (Å²) in [5.41, 5.74) is 5.48. The molecule has 2 aromatic heterocycles. The number of ether oxygens (including phenoxy) is 1. The molecular weight excluding hydrogens is 226 g/mol. The van der Waals surface area contributed by atoms with Crippen LogP contribution in [0.2, 0.25) is 0 Å². The van der Waals surface area contributed by atoms with Gasteiger partial charge in [0.05, 0.1) is 13.7 Å². The van der Waals surface area contributed by atoms with E-state index in [4.69, 9.17) is 15.0 Å². The second-order valence-electron chi connectivity index (χ2n) is 3.09. The van der Waals surface area contributed by atoms with E-state index in [0.717, 1.165) is 0 Å². The number of hydrogen-bond acceptors (Lipinski definition) is 9. The van der Waals surface area contributed by atoms with Gasteiger partial charge in [0.25, 0.3) is 0 Å². The van der Waals surface area contributed by atoms with Crippen LogP contribution in [0.3, 0.4) is 0 Å². The lowest BCUT2D eigenvalue weighted by Crippen LogP contribution is -2.09. The van der Waals surface area contributed by atoms with E-state index in [0.29, 0.717) is 18.3 Å². The lowest BCUT2D eigenvalue weighted by molar-refractivity contribution is 0.379. The van der Waals surface area contributed by atoms with Gasteiger partial charge in [-0.05, 0) is 0 Å². The van der Waals surface area contributed by atoms with E-state index in [-0.39, 0.29) is 17.9 Å². The molecule has 17 heavy (non-hydrogen) atoms. The van der Waals surface area contributed by atoms with Crippen molar-refractivity contribution < 1.29 is 9.26 Å². The van der Waals surface area contributed by atoms with Crippen molar-refractivity contribution in [3.05, 3.63) is 11.7 Å². The van der Waals surface area contributed by atoms with Gasteiger partial charge in [-0.3, -0.25) is 0 Å². The van der Waals surface area contributed by atoms with Gasteiger partial charge in [-0.2, -0.15) is 19.9 Å². The largest absolute Gasteiger partial charge is 0.467 e. The Balaban J connectivity index is 2.05. The van der Waals surface area contributed by atoms with Crippen molar-refractivity contribution in [2.24, 2.45) is 0 Å². The predicted octanol–water partition coefficient (Wildman–Crippen LogP) is -0.234. The van der Waals surface area contributed by atoms with Crippen molar-refractivity contribution in [1.82, 2.24) is 25.1 Å². The minimum Gasteiger partial charge on any atom is -0.467 e. The van der Waals surface area contributed by atoms with Crippen molar-refractivity contribution in [1.29, 1.82) is 0 Å². The quantitative estimate of drug-likeness (QED) is 0.741. The van der Waals surface area contributed by atoms with Gasteiger partial charge >= 0.3 is 6.01 Å². The van der Waals surface area contributed by atoms with Crippen LogP contribution in [0, 0.1) is 6.92 Å². The highest BCUT2D eigenvalue weighted by Crippen LogP contribution is 2.08. The van der Waals surface area contributed by atoms with Gasteiger partial charge in [-0.1, -0.05) is 5.16 Å². The molecule has 2 aromatic rings. The van der Waals surface area contributed by atoms with E-state index in [9.17, 15) is 0 Å². The second kappa shape index (κ2) is 4.60. The van der Waals surface area contributed by atoms with E-state index in [1.165, 1.54) is 7.11 Å². The Hall–Kier alpha value is -2.45. The molecular formula is C8H11N7O2. The molecule has 0 spiro atoms. The lowest BCUT2D eigenvalue weighted by atomic mass is 10.6. The lowest BCUT2D eigenvalue weighted by Gasteiger charge is -2.03. The standard InChI is InChI=1S/C8H11N7O2/c1-4-11-5(15-17-4)3-10-7-12-6(9)13-8(14-7)16-2/h3H2,1-2H3,(H3,9,10,12,13,14). The molecule has 9 heteroatoms. The number of nitrogen functional groups attached to an aromatic ring is 1. The third-order valence-corrected chi connectivity index (χ3v) is 1.79. The molecule has 3 N–H and O–H groups in total. The molecule has 0 aliphatic carbocycles. The number of hydrogen-bond donors (Lipinski definition) is 2. The highest BCUT2D eigenvalue weighted by Gasteiger charge is 2.06. The Morgan fingerprint density at radius 3 is 2.76 bits per heavy atom. The molecule has 0 saturated heterocycles. The average Bonchev–Trinajstić information content (AvgIpc) is 2.72. The van der Waals surface area contributed by atoms with Crippen molar-refractivity contribution in [2.75, 3.05) is 18.2 Å². The van der Waals surface area contributed by atoms with Gasteiger partial charge in [0, 0.05) is 6.92 Å². The summed E-state index contributed by atoms with van der Waals surface area (Å²) in [4.78, 5) is 15.6. The van der Waals surface area contributed by atoms with E-state index < -0.39 is 0 Å². The fraction of sp³-hybridized carbons (Fsp3) is 0.375. The van der Waals surface area contributed by atoms with E-state index in [1.54, 1.807) is 6.92 Å². The summed E-state index contributed by atoms with van der Waals surface area (Å²) in [5.74, 6) is 1.36. The Bertz CT molecular complexity index is 512. The Kier molecular flexibility index (Phi) is 2.99. The summed E-state index contributed by atoms with van der Waals surface area (Å²) in [5, 5.41) is 6.60. The van der Waals surface area contributed by atoms with E-state index in [1.807, 2.05) is 0 Å². The first-order valence-electron chi connectivity index (χ1n) is 4.76. The minimum absolute atomic E-state index is 0.0728. The number of rotatable bonds is 4. The molecule has 0 bridgehead atoms. The van der Waals surface area contributed by atoms with Gasteiger partial charge in [0.2, 0.25) is 17.8 Å². The van der Waals surface area contributed by atoms with Gasteiger partial charge in [-0.25, -0.2) is 0 Å². The van der Waals surface area contributed by atoms with Crippen molar-refractivity contribution in [3.8, 4) is 6.01 Å². The maximum atomic E-state index is 5.48. The van der Waals surface area contributed by atoms with Crippen LogP contribution >= 0.6 is 0 Å². The van der Waals surface area contributed by atoms with Crippen molar-refractivity contribution >= 4 is 11.9 Å². The third kappa shape index (κ3) is 2.77. The predicted molar refractivity (Wildman–Crippen MR) is 57.2 cm³/mol. The number of aryl methyl sites for hydroxylation is 1. The molecule has 0 saturated carbocycles. The summed E-state index contributed by atoms with van der Waals surface area (Å²) in [6.07, 6.45) is 0. The summed E-state index contributed by atoms with van der Waals surface area (Å²) >= 11 is 0. The number of nitrogens with zero attached hydrogens (tertiary/aromatic N) is 5. The summed E-state index contributed by atoms with van der Waals surface area (Å²) in [6, 6.07) is 0.143. The van der Waals surface area contributed by atoms with Crippen molar-refractivity contribution in [2.45, 2.75) is 13.5 Å². The molecule has 0 aliphatic rings. The normalized spacial score (nSPS) is 10.2. The molecule has 0 unspecified atom stereocenters. The number of anilines is 2. The number of methoxy groups -OCH3 is 1. The first-order chi connectivity index (χ1) is 8.17. The third-order valence-electron chi connectivity index (χ3n) is 1.79. The SMILES string of the molecule is COc1nc(N)nc(NCc2noc(C)n2)n1. The zero-order valence-electron chi connectivity index (χ0n) is 9.34. The number of nitrogens with two attached hydrogens (primary N) is 1. The highest BCUT2D eigenvalue weighted by atomic mass is 16.5. The summed E-state index contributed by atoms with van der Waals surface area (Å²) in [7, 11) is 1.45. The van der Waals surface area contributed by atoms with Crippen LogP contribution < -0.4 is 15.8 Å². The molecule has 0 aliphatic heterocycles. The fourth-order valence-electron chi connectivity index (χ4n) is 1.11. The maximum absolute atomic E-state index is 5.48. The first kappa shape index (κ1) is 11.0. The molecule has 0 aromatic carbocycles. The van der Waals surface area contributed by atoms with Crippen LogP contribution in [0.1, 0.15) is 11.7 Å². The van der Waals surface area contributed by atoms with Crippen LogP contribution in [0.25, 0.3) is 0 Å². The maximum Gasteiger partial charge on any atom is 0.322 e. The highest BCUT2D eigenvalue weighted by molar-refractivity contribution is 5.32. The number of aromatic nitrogens is 5. The minimum atomic E-state index is 0.0728. The van der Waals surface area contributed by atoms with Gasteiger partial charge in [0.1, 0.15) is 0 Å². The molecule has 2 rings (SSSR count). The summed E-state index contributed by atoms with van der Waals surface area (Å²) in [6.45, 7) is 2.03. The van der Waals surface area contributed by atoms with E-state index >= 15 is 0 Å². The van der Waals surface area contributed by atoms with Gasteiger partial charge in [0.15, 0.2) is 5.82 Å². The monoisotopic (exact) mass is 237 g/mol. The Labute approximate surface area is 96.4 Å². The first-order valence-corrected chi connectivity index (χ1v) is 4.76. The fourth-order valence-corrected chi connectivity index (χ4v) is 1.11. The van der Waals surface area contributed by atoms with Crippen LogP contribution in [-0.2, 0) is 6.54 Å². The molecule has 9 nitrogen and oxygen atoms in total. The van der Waals surface area contributed by atoms with Gasteiger partial charge in [-0.15, -0.1) is 0 Å².